The topological polar surface area (TPSA) is 70.5 Å². The van der Waals surface area contributed by atoms with Crippen LogP contribution in [0.3, 0.4) is 0 Å². The largest absolute Gasteiger partial charge is 0.507 e. The Labute approximate surface area is 183 Å². The summed E-state index contributed by atoms with van der Waals surface area (Å²) >= 11 is 12.4. The number of benzene rings is 2. The van der Waals surface area contributed by atoms with Crippen LogP contribution >= 0.6 is 23.2 Å². The molecular formula is C23H16Cl2N2O3. The van der Waals surface area contributed by atoms with E-state index in [1.165, 1.54) is 4.90 Å². The zero-order valence-electron chi connectivity index (χ0n) is 15.6. The number of aromatic nitrogens is 1. The number of carbonyl (C=O) groups is 2. The van der Waals surface area contributed by atoms with Crippen molar-refractivity contribution in [2.45, 2.75) is 12.6 Å². The molecule has 4 rings (SSSR count). The van der Waals surface area contributed by atoms with Crippen LogP contribution in [0, 0.1) is 0 Å². The first-order valence-electron chi connectivity index (χ1n) is 9.15. The average Bonchev–Trinajstić information content (AvgIpc) is 3.00. The van der Waals surface area contributed by atoms with Gasteiger partial charge in [0.25, 0.3) is 11.7 Å². The highest BCUT2D eigenvalue weighted by Crippen LogP contribution is 2.42. The van der Waals surface area contributed by atoms with Gasteiger partial charge in [0.1, 0.15) is 5.76 Å². The number of aliphatic hydroxyl groups is 1. The first-order valence-corrected chi connectivity index (χ1v) is 9.90. The number of likely N-dealkylation sites (tertiary alicyclic amines) is 1. The molecule has 0 spiro atoms. The predicted molar refractivity (Wildman–Crippen MR) is 115 cm³/mol. The van der Waals surface area contributed by atoms with Crippen LogP contribution < -0.4 is 0 Å². The third kappa shape index (κ3) is 3.70. The van der Waals surface area contributed by atoms with Crippen molar-refractivity contribution in [2.24, 2.45) is 0 Å². The van der Waals surface area contributed by atoms with Gasteiger partial charge in [-0.15, -0.1) is 0 Å². The van der Waals surface area contributed by atoms with E-state index in [-0.39, 0.29) is 17.9 Å². The number of pyridine rings is 1. The maximum atomic E-state index is 13.0. The number of hydrogen-bond acceptors (Lipinski definition) is 4. The fourth-order valence-corrected chi connectivity index (χ4v) is 3.88. The average molecular weight is 439 g/mol. The van der Waals surface area contributed by atoms with E-state index in [2.05, 4.69) is 4.98 Å². The maximum absolute atomic E-state index is 13.0. The monoisotopic (exact) mass is 438 g/mol. The quantitative estimate of drug-likeness (QED) is 0.353. The van der Waals surface area contributed by atoms with Crippen molar-refractivity contribution in [3.05, 3.63) is 105 Å². The standard InChI is InChI=1S/C23H16Cl2N2O3/c24-16-9-7-15(8-10-16)21(28)19-20(17-5-1-2-6-18(17)25)27(23(30)22(19)29)13-14-4-3-11-26-12-14/h1-12,20,28H,13H2/b21-19+/t20-/m0/s1. The Morgan fingerprint density at radius 3 is 2.40 bits per heavy atom. The number of nitrogens with zero attached hydrogens (tertiary/aromatic N) is 2. The second-order valence-corrected chi connectivity index (χ2v) is 7.66. The smallest absolute Gasteiger partial charge is 0.295 e. The first kappa shape index (κ1) is 20.1. The molecule has 7 heteroatoms. The molecule has 3 aromatic rings. The van der Waals surface area contributed by atoms with E-state index in [1.807, 2.05) is 6.07 Å². The lowest BCUT2D eigenvalue weighted by Crippen LogP contribution is -2.29. The lowest BCUT2D eigenvalue weighted by Gasteiger charge is -2.26. The summed E-state index contributed by atoms with van der Waals surface area (Å²) < 4.78 is 0. The summed E-state index contributed by atoms with van der Waals surface area (Å²) in [5, 5.41) is 11.9. The molecule has 1 saturated heterocycles. The molecule has 150 valence electrons. The number of carbonyl (C=O) groups excluding carboxylic acids is 2. The summed E-state index contributed by atoms with van der Waals surface area (Å²) in [4.78, 5) is 31.4. The minimum atomic E-state index is -0.838. The Hall–Kier alpha value is -3.15. The highest BCUT2D eigenvalue weighted by Gasteiger charge is 2.46. The lowest BCUT2D eigenvalue weighted by atomic mass is 9.95. The van der Waals surface area contributed by atoms with Gasteiger partial charge in [0, 0.05) is 34.5 Å². The summed E-state index contributed by atoms with van der Waals surface area (Å²) in [5.74, 6) is -1.75. The van der Waals surface area contributed by atoms with Crippen LogP contribution in [-0.2, 0) is 16.1 Å². The number of Topliss-reactive ketones (excluding diaryl/α,β-unsaturated/α-hetero) is 1. The molecular weight excluding hydrogens is 423 g/mol. The molecule has 1 atom stereocenters. The van der Waals surface area contributed by atoms with Crippen molar-refractivity contribution in [3.63, 3.8) is 0 Å². The van der Waals surface area contributed by atoms with Gasteiger partial charge in [0.2, 0.25) is 0 Å². The van der Waals surface area contributed by atoms with Crippen LogP contribution in [0.4, 0.5) is 0 Å². The molecule has 1 fully saturated rings. The van der Waals surface area contributed by atoms with Crippen LogP contribution in [0.1, 0.15) is 22.7 Å². The molecule has 0 saturated carbocycles. The SMILES string of the molecule is O=C1C(=O)N(Cc2cccnc2)[C@@H](c2ccccc2Cl)/C1=C(\O)c1ccc(Cl)cc1. The molecule has 2 heterocycles. The van der Waals surface area contributed by atoms with Crippen molar-refractivity contribution in [3.8, 4) is 0 Å². The Balaban J connectivity index is 1.88. The molecule has 0 unspecified atom stereocenters. The van der Waals surface area contributed by atoms with E-state index in [0.29, 0.717) is 21.2 Å². The van der Waals surface area contributed by atoms with Gasteiger partial charge >= 0.3 is 0 Å². The van der Waals surface area contributed by atoms with Crippen LogP contribution in [0.15, 0.2) is 78.6 Å². The number of amides is 1. The Kier molecular flexibility index (Phi) is 5.57. The molecule has 0 radical (unpaired) electrons. The molecule has 0 aliphatic carbocycles. The summed E-state index contributed by atoms with van der Waals surface area (Å²) in [5.41, 5.74) is 1.68. The Morgan fingerprint density at radius 1 is 1.00 bits per heavy atom. The third-order valence-electron chi connectivity index (χ3n) is 4.93. The summed E-state index contributed by atoms with van der Waals surface area (Å²) in [7, 11) is 0. The van der Waals surface area contributed by atoms with Gasteiger partial charge in [0.05, 0.1) is 11.6 Å². The van der Waals surface area contributed by atoms with Gasteiger partial charge in [0.15, 0.2) is 0 Å². The maximum Gasteiger partial charge on any atom is 0.295 e. The summed E-state index contributed by atoms with van der Waals surface area (Å²) in [6, 6.07) is 16.1. The molecule has 30 heavy (non-hydrogen) atoms. The number of rotatable bonds is 4. The van der Waals surface area contributed by atoms with E-state index >= 15 is 0 Å². The molecule has 1 amide bonds. The molecule has 1 N–H and O–H groups in total. The minimum absolute atomic E-state index is 0.0145. The summed E-state index contributed by atoms with van der Waals surface area (Å²) in [6.45, 7) is 0.145. The van der Waals surface area contributed by atoms with Crippen LogP contribution in [0.25, 0.3) is 5.76 Å². The van der Waals surface area contributed by atoms with Gasteiger partial charge in [-0.3, -0.25) is 14.6 Å². The van der Waals surface area contributed by atoms with E-state index in [1.54, 1.807) is 67.0 Å². The molecule has 2 aromatic carbocycles. The van der Waals surface area contributed by atoms with E-state index in [4.69, 9.17) is 23.2 Å². The minimum Gasteiger partial charge on any atom is -0.507 e. The van der Waals surface area contributed by atoms with Crippen LogP contribution in [0.5, 0.6) is 0 Å². The van der Waals surface area contributed by atoms with Gasteiger partial charge < -0.3 is 10.0 Å². The van der Waals surface area contributed by atoms with Crippen molar-refractivity contribution in [2.75, 3.05) is 0 Å². The molecule has 0 bridgehead atoms. The fourth-order valence-electron chi connectivity index (χ4n) is 3.51. The van der Waals surface area contributed by atoms with Crippen LogP contribution in [0.2, 0.25) is 10.0 Å². The number of hydrogen-bond donors (Lipinski definition) is 1. The molecule has 5 nitrogen and oxygen atoms in total. The van der Waals surface area contributed by atoms with E-state index < -0.39 is 17.7 Å². The zero-order chi connectivity index (χ0) is 21.3. The Bertz CT molecular complexity index is 1140. The highest BCUT2D eigenvalue weighted by atomic mass is 35.5. The van der Waals surface area contributed by atoms with Crippen LogP contribution in [-0.4, -0.2) is 26.7 Å². The van der Waals surface area contributed by atoms with Crippen molar-refractivity contribution in [1.82, 2.24) is 9.88 Å². The normalized spacial score (nSPS) is 18.1. The zero-order valence-corrected chi connectivity index (χ0v) is 17.1. The molecule has 1 aliphatic heterocycles. The van der Waals surface area contributed by atoms with E-state index in [0.717, 1.165) is 5.56 Å². The summed E-state index contributed by atoms with van der Waals surface area (Å²) in [6.07, 6.45) is 3.26. The molecule has 1 aliphatic rings. The fraction of sp³-hybridized carbons (Fsp3) is 0.0870. The van der Waals surface area contributed by atoms with E-state index in [9.17, 15) is 14.7 Å². The number of halogens is 2. The van der Waals surface area contributed by atoms with Crippen molar-refractivity contribution >= 4 is 40.7 Å². The van der Waals surface area contributed by atoms with Crippen molar-refractivity contribution < 1.29 is 14.7 Å². The van der Waals surface area contributed by atoms with Crippen molar-refractivity contribution in [1.29, 1.82) is 0 Å². The predicted octanol–water partition coefficient (Wildman–Crippen LogP) is 5.01. The number of ketones is 1. The second-order valence-electron chi connectivity index (χ2n) is 6.82. The Morgan fingerprint density at radius 2 is 1.73 bits per heavy atom. The third-order valence-corrected chi connectivity index (χ3v) is 5.53. The first-order chi connectivity index (χ1) is 14.5. The van der Waals surface area contributed by atoms with Gasteiger partial charge in [-0.1, -0.05) is 47.5 Å². The number of aliphatic hydroxyl groups excluding tert-OH is 1. The van der Waals surface area contributed by atoms with Gasteiger partial charge in [-0.2, -0.15) is 0 Å². The molecule has 1 aromatic heterocycles. The second kappa shape index (κ2) is 8.30. The highest BCUT2D eigenvalue weighted by molar-refractivity contribution is 6.47. The van der Waals surface area contributed by atoms with Gasteiger partial charge in [-0.05, 0) is 47.5 Å². The lowest BCUT2D eigenvalue weighted by molar-refractivity contribution is -0.140. The van der Waals surface area contributed by atoms with Gasteiger partial charge in [-0.25, -0.2) is 0 Å².